The summed E-state index contributed by atoms with van der Waals surface area (Å²) >= 11 is 11.9. The van der Waals surface area contributed by atoms with E-state index in [0.29, 0.717) is 28.2 Å². The van der Waals surface area contributed by atoms with Crippen molar-refractivity contribution in [1.29, 1.82) is 5.26 Å². The Labute approximate surface area is 155 Å². The Hall–Kier alpha value is -2.62. The van der Waals surface area contributed by atoms with Gasteiger partial charge in [0.05, 0.1) is 22.8 Å². The van der Waals surface area contributed by atoms with Crippen molar-refractivity contribution in [3.8, 4) is 17.3 Å². The number of anilines is 1. The lowest BCUT2D eigenvalue weighted by Crippen LogP contribution is -2.23. The zero-order valence-electron chi connectivity index (χ0n) is 13.3. The van der Waals surface area contributed by atoms with Gasteiger partial charge in [-0.25, -0.2) is 9.97 Å². The molecule has 25 heavy (non-hydrogen) atoms. The molecule has 0 fully saturated rings. The van der Waals surface area contributed by atoms with Gasteiger partial charge in [0.2, 0.25) is 5.95 Å². The molecule has 0 aliphatic rings. The molecule has 1 aromatic carbocycles. The first kappa shape index (κ1) is 17.2. The average molecular weight is 373 g/mol. The lowest BCUT2D eigenvalue weighted by Gasteiger charge is -2.13. The minimum Gasteiger partial charge on any atom is -0.350 e. The van der Waals surface area contributed by atoms with Crippen molar-refractivity contribution >= 4 is 29.2 Å². The van der Waals surface area contributed by atoms with Gasteiger partial charge < -0.3 is 5.32 Å². The molecule has 0 unspecified atom stereocenters. The number of aromatic nitrogens is 4. The van der Waals surface area contributed by atoms with Crippen LogP contribution in [-0.4, -0.2) is 25.8 Å². The van der Waals surface area contributed by atoms with E-state index in [1.54, 1.807) is 24.4 Å². The summed E-state index contributed by atoms with van der Waals surface area (Å²) in [6, 6.07) is 10.9. The summed E-state index contributed by atoms with van der Waals surface area (Å²) in [4.78, 5) is 8.23. The molecule has 0 bridgehead atoms. The van der Waals surface area contributed by atoms with Gasteiger partial charge in [0.1, 0.15) is 11.2 Å². The van der Waals surface area contributed by atoms with Crippen LogP contribution in [-0.2, 0) is 6.54 Å². The molecule has 6 nitrogen and oxygen atoms in total. The molecule has 126 valence electrons. The summed E-state index contributed by atoms with van der Waals surface area (Å²) in [6.45, 7) is 2.63. The molecule has 2 heterocycles. The van der Waals surface area contributed by atoms with Gasteiger partial charge >= 0.3 is 0 Å². The van der Waals surface area contributed by atoms with Gasteiger partial charge in [-0.15, -0.1) is 0 Å². The predicted octanol–water partition coefficient (Wildman–Crippen LogP) is 4.02. The highest BCUT2D eigenvalue weighted by molar-refractivity contribution is 6.32. The van der Waals surface area contributed by atoms with Gasteiger partial charge in [-0.3, -0.25) is 4.68 Å². The molecule has 0 saturated carbocycles. The third-order valence-electron chi connectivity index (χ3n) is 3.48. The maximum Gasteiger partial charge on any atom is 0.224 e. The first-order chi connectivity index (χ1) is 12.0. The number of hydrogen-bond donors (Lipinski definition) is 1. The highest BCUT2D eigenvalue weighted by Crippen LogP contribution is 2.24. The zero-order chi connectivity index (χ0) is 17.8. The Balaban J connectivity index is 1.69. The third kappa shape index (κ3) is 4.27. The van der Waals surface area contributed by atoms with E-state index in [-0.39, 0.29) is 6.04 Å². The second-order valence-corrected chi connectivity index (χ2v) is 6.27. The molecule has 3 rings (SSSR count). The molecule has 8 heteroatoms. The molecule has 0 saturated heterocycles. The molecule has 0 aliphatic carbocycles. The Morgan fingerprint density at radius 2 is 2.12 bits per heavy atom. The number of nitrogens with one attached hydrogen (secondary N) is 1. The highest BCUT2D eigenvalue weighted by atomic mass is 35.5. The van der Waals surface area contributed by atoms with Crippen molar-refractivity contribution in [2.45, 2.75) is 19.5 Å². The van der Waals surface area contributed by atoms with E-state index >= 15 is 0 Å². The normalized spacial score (nSPS) is 11.8. The van der Waals surface area contributed by atoms with Crippen LogP contribution in [0.2, 0.25) is 10.2 Å². The van der Waals surface area contributed by atoms with E-state index < -0.39 is 0 Å². The smallest absolute Gasteiger partial charge is 0.224 e. The van der Waals surface area contributed by atoms with Gasteiger partial charge in [0.25, 0.3) is 0 Å². The second kappa shape index (κ2) is 7.51. The number of benzene rings is 1. The van der Waals surface area contributed by atoms with Crippen molar-refractivity contribution < 1.29 is 0 Å². The monoisotopic (exact) mass is 372 g/mol. The summed E-state index contributed by atoms with van der Waals surface area (Å²) in [5.74, 6) is 0.478. The van der Waals surface area contributed by atoms with E-state index in [0.717, 1.165) is 11.3 Å². The molecule has 0 aliphatic heterocycles. The molecule has 1 atom stereocenters. The number of rotatable bonds is 5. The van der Waals surface area contributed by atoms with Gasteiger partial charge in [0.15, 0.2) is 0 Å². The topological polar surface area (TPSA) is 79.4 Å². The van der Waals surface area contributed by atoms with Crippen molar-refractivity contribution in [2.24, 2.45) is 0 Å². The first-order valence-electron chi connectivity index (χ1n) is 7.53. The van der Waals surface area contributed by atoms with Gasteiger partial charge in [0, 0.05) is 24.0 Å². The average Bonchev–Trinajstić information content (AvgIpc) is 3.03. The minimum absolute atomic E-state index is 0.0516. The second-order valence-electron chi connectivity index (χ2n) is 5.48. The maximum atomic E-state index is 8.94. The fourth-order valence-corrected chi connectivity index (χ4v) is 2.69. The van der Waals surface area contributed by atoms with Gasteiger partial charge in [-0.05, 0) is 31.2 Å². The van der Waals surface area contributed by atoms with Crippen molar-refractivity contribution in [3.05, 3.63) is 58.5 Å². The lowest BCUT2D eigenvalue weighted by molar-refractivity contribution is 0.559. The lowest BCUT2D eigenvalue weighted by atomic mass is 10.1. The third-order valence-corrected chi connectivity index (χ3v) is 4.01. The Kier molecular flexibility index (Phi) is 5.17. The molecule has 2 aromatic heterocycles. The zero-order valence-corrected chi connectivity index (χ0v) is 14.8. The number of nitriles is 1. The summed E-state index contributed by atoms with van der Waals surface area (Å²) in [6.07, 6.45) is 3.49. The predicted molar refractivity (Wildman–Crippen MR) is 97.5 cm³/mol. The summed E-state index contributed by atoms with van der Waals surface area (Å²) in [5.41, 5.74) is 2.10. The van der Waals surface area contributed by atoms with Crippen LogP contribution in [0.15, 0.2) is 42.7 Å². The van der Waals surface area contributed by atoms with E-state index in [9.17, 15) is 0 Å². The number of nitrogens with zero attached hydrogens (tertiary/aromatic N) is 5. The van der Waals surface area contributed by atoms with Crippen LogP contribution in [0.5, 0.6) is 0 Å². The standard InChI is InChI=1S/C17H14Cl2N6/c1-11(22-17-21-6-4-16(19)23-17)10-25-7-5-15(24-25)12-2-3-13(9-20)14(18)8-12/h2-8,11H,10H2,1H3,(H,21,22,23)/t11-/m0/s1. The van der Waals surface area contributed by atoms with E-state index in [2.05, 4.69) is 20.4 Å². The van der Waals surface area contributed by atoms with Crippen LogP contribution in [0.1, 0.15) is 12.5 Å². The van der Waals surface area contributed by atoms with E-state index in [4.69, 9.17) is 28.5 Å². The quantitative estimate of drug-likeness (QED) is 0.684. The minimum atomic E-state index is 0.0516. The van der Waals surface area contributed by atoms with Crippen LogP contribution in [0, 0.1) is 11.3 Å². The van der Waals surface area contributed by atoms with Crippen molar-refractivity contribution in [1.82, 2.24) is 19.7 Å². The van der Waals surface area contributed by atoms with E-state index in [1.807, 2.05) is 36.0 Å². The van der Waals surface area contributed by atoms with Crippen molar-refractivity contribution in [3.63, 3.8) is 0 Å². The maximum absolute atomic E-state index is 8.94. The Morgan fingerprint density at radius 3 is 2.84 bits per heavy atom. The Morgan fingerprint density at radius 1 is 1.28 bits per heavy atom. The molecular formula is C17H14Cl2N6. The SMILES string of the molecule is C[C@@H](Cn1ccc(-c2ccc(C#N)c(Cl)c2)n1)Nc1nccc(Cl)n1. The molecule has 0 radical (unpaired) electrons. The number of hydrogen-bond acceptors (Lipinski definition) is 5. The summed E-state index contributed by atoms with van der Waals surface area (Å²) < 4.78 is 1.82. The van der Waals surface area contributed by atoms with E-state index in [1.165, 1.54) is 0 Å². The van der Waals surface area contributed by atoms with Crippen molar-refractivity contribution in [2.75, 3.05) is 5.32 Å². The molecule has 3 aromatic rings. The Bertz CT molecular complexity index is 931. The van der Waals surface area contributed by atoms with Gasteiger partial charge in [-0.1, -0.05) is 29.3 Å². The number of halogens is 2. The fraction of sp³-hybridized carbons (Fsp3) is 0.176. The summed E-state index contributed by atoms with van der Waals surface area (Å²) in [5, 5.41) is 17.5. The largest absolute Gasteiger partial charge is 0.350 e. The summed E-state index contributed by atoms with van der Waals surface area (Å²) in [7, 11) is 0. The van der Waals surface area contributed by atoms with Crippen LogP contribution >= 0.6 is 23.2 Å². The molecule has 1 N–H and O–H groups in total. The molecule has 0 spiro atoms. The highest BCUT2D eigenvalue weighted by Gasteiger charge is 2.09. The fourth-order valence-electron chi connectivity index (χ4n) is 2.34. The molecule has 0 amide bonds. The van der Waals surface area contributed by atoms with Gasteiger partial charge in [-0.2, -0.15) is 10.4 Å². The first-order valence-corrected chi connectivity index (χ1v) is 8.29. The van der Waals surface area contributed by atoms with Crippen LogP contribution < -0.4 is 5.32 Å². The van der Waals surface area contributed by atoms with Crippen LogP contribution in [0.3, 0.4) is 0 Å². The van der Waals surface area contributed by atoms with Crippen LogP contribution in [0.25, 0.3) is 11.3 Å². The van der Waals surface area contributed by atoms with Crippen LogP contribution in [0.4, 0.5) is 5.95 Å². The molecular weight excluding hydrogens is 359 g/mol.